The van der Waals surface area contributed by atoms with Crippen LogP contribution in [0, 0.1) is 0 Å². The van der Waals surface area contributed by atoms with Gasteiger partial charge >= 0.3 is 0 Å². The summed E-state index contributed by atoms with van der Waals surface area (Å²) in [7, 11) is 0. The number of primary amides is 1. The number of carbonyl (C=O) groups is 2. The Balaban J connectivity index is 0.00000441. The third kappa shape index (κ3) is 6.25. The van der Waals surface area contributed by atoms with Crippen LogP contribution in [0.5, 0.6) is 0 Å². The number of halogens is 1. The van der Waals surface area contributed by atoms with Crippen LogP contribution >= 0.6 is 24.2 Å². The lowest BCUT2D eigenvalue weighted by Crippen LogP contribution is -2.49. The van der Waals surface area contributed by atoms with Crippen molar-refractivity contribution in [3.05, 3.63) is 29.8 Å². The molecule has 0 unspecified atom stereocenters. The molecule has 2 amide bonds. The first-order valence-electron chi connectivity index (χ1n) is 6.99. The van der Waals surface area contributed by atoms with Gasteiger partial charge in [0.05, 0.1) is 11.3 Å². The molecule has 0 aromatic heterocycles. The first-order chi connectivity index (χ1) is 9.91. The van der Waals surface area contributed by atoms with Crippen LogP contribution in [-0.2, 0) is 4.79 Å². The van der Waals surface area contributed by atoms with Crippen LogP contribution < -0.4 is 16.8 Å². The summed E-state index contributed by atoms with van der Waals surface area (Å²) in [5, 5.41) is 2.88. The predicted octanol–water partition coefficient (Wildman–Crippen LogP) is 1.93. The second kappa shape index (κ2) is 9.71. The largest absolute Gasteiger partial charge is 0.369 e. The molecule has 0 radical (unpaired) electrons. The quantitative estimate of drug-likeness (QED) is 0.627. The highest BCUT2D eigenvalue weighted by molar-refractivity contribution is 8.00. The van der Waals surface area contributed by atoms with E-state index in [0.717, 1.165) is 17.7 Å². The summed E-state index contributed by atoms with van der Waals surface area (Å²) in [6.45, 7) is 4.44. The molecule has 22 heavy (non-hydrogen) atoms. The summed E-state index contributed by atoms with van der Waals surface area (Å²) in [5.74, 6) is -0.442. The minimum atomic E-state index is -0.409. The molecule has 0 spiro atoms. The SMILES string of the molecule is CCC(N)(CC)CNC(=O)c1ccccc1SCC(N)=O.Cl. The number of nitrogens with one attached hydrogen (secondary N) is 1. The van der Waals surface area contributed by atoms with Crippen LogP contribution in [0.2, 0.25) is 0 Å². The number of carbonyl (C=O) groups excluding carboxylic acids is 2. The zero-order valence-corrected chi connectivity index (χ0v) is 14.6. The number of amides is 2. The molecule has 5 nitrogen and oxygen atoms in total. The molecule has 0 aliphatic heterocycles. The fraction of sp³-hybridized carbons (Fsp3) is 0.467. The molecular weight excluding hydrogens is 322 g/mol. The Morgan fingerprint density at radius 2 is 1.82 bits per heavy atom. The molecule has 1 aromatic carbocycles. The summed E-state index contributed by atoms with van der Waals surface area (Å²) >= 11 is 1.26. The van der Waals surface area contributed by atoms with E-state index in [2.05, 4.69) is 5.32 Å². The highest BCUT2D eigenvalue weighted by atomic mass is 35.5. The smallest absolute Gasteiger partial charge is 0.252 e. The molecular formula is C15H24ClN3O2S. The molecule has 0 aliphatic carbocycles. The monoisotopic (exact) mass is 345 g/mol. The number of thioether (sulfide) groups is 1. The molecule has 7 heteroatoms. The van der Waals surface area contributed by atoms with Crippen molar-refractivity contribution in [2.45, 2.75) is 37.1 Å². The van der Waals surface area contributed by atoms with E-state index < -0.39 is 5.91 Å². The zero-order chi connectivity index (χ0) is 15.9. The van der Waals surface area contributed by atoms with Gasteiger partial charge in [-0.25, -0.2) is 0 Å². The van der Waals surface area contributed by atoms with Crippen molar-refractivity contribution in [1.29, 1.82) is 0 Å². The lowest BCUT2D eigenvalue weighted by atomic mass is 9.94. The van der Waals surface area contributed by atoms with Crippen molar-refractivity contribution in [3.8, 4) is 0 Å². The van der Waals surface area contributed by atoms with E-state index in [1.807, 2.05) is 19.9 Å². The number of hydrogen-bond acceptors (Lipinski definition) is 4. The van der Waals surface area contributed by atoms with Crippen LogP contribution in [0.4, 0.5) is 0 Å². The normalized spacial score (nSPS) is 10.7. The van der Waals surface area contributed by atoms with Crippen LogP contribution in [0.1, 0.15) is 37.0 Å². The van der Waals surface area contributed by atoms with Gasteiger partial charge in [0.2, 0.25) is 5.91 Å². The Labute approximate surface area is 142 Å². The van der Waals surface area contributed by atoms with E-state index in [0.29, 0.717) is 12.1 Å². The first-order valence-corrected chi connectivity index (χ1v) is 7.97. The minimum Gasteiger partial charge on any atom is -0.369 e. The first kappa shape index (κ1) is 20.8. The zero-order valence-electron chi connectivity index (χ0n) is 12.9. The second-order valence-corrected chi connectivity index (χ2v) is 6.02. The van der Waals surface area contributed by atoms with E-state index >= 15 is 0 Å². The van der Waals surface area contributed by atoms with E-state index in [9.17, 15) is 9.59 Å². The van der Waals surface area contributed by atoms with E-state index in [1.54, 1.807) is 18.2 Å². The number of hydrogen-bond donors (Lipinski definition) is 3. The maximum absolute atomic E-state index is 12.3. The van der Waals surface area contributed by atoms with Crippen molar-refractivity contribution in [3.63, 3.8) is 0 Å². The molecule has 0 heterocycles. The Morgan fingerprint density at radius 3 is 2.36 bits per heavy atom. The molecule has 0 saturated carbocycles. The molecule has 0 aliphatic rings. The highest BCUT2D eigenvalue weighted by Gasteiger charge is 2.22. The minimum absolute atomic E-state index is 0. The highest BCUT2D eigenvalue weighted by Crippen LogP contribution is 2.22. The van der Waals surface area contributed by atoms with Crippen molar-refractivity contribution in [2.75, 3.05) is 12.3 Å². The molecule has 0 fully saturated rings. The van der Waals surface area contributed by atoms with Crippen LogP contribution in [0.15, 0.2) is 29.2 Å². The standard InChI is InChI=1S/C15H23N3O2S.ClH/c1-3-15(17,4-2)10-18-14(20)11-7-5-6-8-12(11)21-9-13(16)19;/h5-8H,3-4,9-10,17H2,1-2H3,(H2,16,19)(H,18,20);1H. The van der Waals surface area contributed by atoms with E-state index in [4.69, 9.17) is 11.5 Å². The average molecular weight is 346 g/mol. The molecule has 1 rings (SSSR count). The van der Waals surface area contributed by atoms with Gasteiger partial charge < -0.3 is 16.8 Å². The fourth-order valence-electron chi connectivity index (χ4n) is 1.78. The molecule has 1 aromatic rings. The number of rotatable bonds is 8. The van der Waals surface area contributed by atoms with Crippen LogP contribution in [0.25, 0.3) is 0 Å². The Morgan fingerprint density at radius 1 is 1.23 bits per heavy atom. The van der Waals surface area contributed by atoms with Crippen LogP contribution in [0.3, 0.4) is 0 Å². The van der Waals surface area contributed by atoms with E-state index in [-0.39, 0.29) is 29.6 Å². The van der Waals surface area contributed by atoms with Gasteiger partial charge in [0.1, 0.15) is 0 Å². The number of nitrogens with two attached hydrogens (primary N) is 2. The number of benzene rings is 1. The van der Waals surface area contributed by atoms with Crippen molar-refractivity contribution >= 4 is 36.0 Å². The summed E-state index contributed by atoms with van der Waals surface area (Å²) in [6, 6.07) is 7.15. The third-order valence-corrected chi connectivity index (χ3v) is 4.61. The van der Waals surface area contributed by atoms with Gasteiger partial charge in [-0.2, -0.15) is 0 Å². The van der Waals surface area contributed by atoms with Crippen LogP contribution in [-0.4, -0.2) is 29.7 Å². The topological polar surface area (TPSA) is 98.2 Å². The summed E-state index contributed by atoms with van der Waals surface area (Å²) < 4.78 is 0. The fourth-order valence-corrected chi connectivity index (χ4v) is 2.57. The maximum atomic E-state index is 12.3. The Bertz CT molecular complexity index is 507. The molecule has 124 valence electrons. The van der Waals surface area contributed by atoms with Gasteiger partial charge in [-0.3, -0.25) is 9.59 Å². The summed E-state index contributed by atoms with van der Waals surface area (Å²) in [6.07, 6.45) is 1.59. The second-order valence-electron chi connectivity index (χ2n) is 5.00. The third-order valence-electron chi connectivity index (χ3n) is 3.51. The molecule has 5 N–H and O–H groups in total. The maximum Gasteiger partial charge on any atom is 0.252 e. The van der Waals surface area contributed by atoms with Crippen molar-refractivity contribution < 1.29 is 9.59 Å². The van der Waals surface area contributed by atoms with Gasteiger partial charge in [0, 0.05) is 17.0 Å². The van der Waals surface area contributed by atoms with Gasteiger partial charge in [-0.1, -0.05) is 26.0 Å². The molecule has 0 saturated heterocycles. The van der Waals surface area contributed by atoms with Crippen molar-refractivity contribution in [1.82, 2.24) is 5.32 Å². The predicted molar refractivity (Wildman–Crippen MR) is 93.4 cm³/mol. The van der Waals surface area contributed by atoms with Gasteiger partial charge in [0.15, 0.2) is 0 Å². The summed E-state index contributed by atoms with van der Waals surface area (Å²) in [5.41, 5.74) is 11.5. The lowest BCUT2D eigenvalue weighted by Gasteiger charge is -2.27. The lowest BCUT2D eigenvalue weighted by molar-refractivity contribution is -0.115. The van der Waals surface area contributed by atoms with Crippen molar-refractivity contribution in [2.24, 2.45) is 11.5 Å². The summed E-state index contributed by atoms with van der Waals surface area (Å²) in [4.78, 5) is 23.9. The van der Waals surface area contributed by atoms with Gasteiger partial charge in [0.25, 0.3) is 5.91 Å². The molecule has 0 atom stereocenters. The Hall–Kier alpha value is -1.24. The van der Waals surface area contributed by atoms with E-state index in [1.165, 1.54) is 11.8 Å². The van der Waals surface area contributed by atoms with Gasteiger partial charge in [-0.05, 0) is 25.0 Å². The average Bonchev–Trinajstić information content (AvgIpc) is 2.50. The molecule has 0 bridgehead atoms. The Kier molecular flexibility index (Phi) is 9.16. The van der Waals surface area contributed by atoms with Gasteiger partial charge in [-0.15, -0.1) is 24.2 Å².